The van der Waals surface area contributed by atoms with Crippen molar-refractivity contribution in [3.63, 3.8) is 0 Å². The van der Waals surface area contributed by atoms with Gasteiger partial charge in [-0.3, -0.25) is 14.8 Å². The minimum absolute atomic E-state index is 0.0276. The average Bonchev–Trinajstić information content (AvgIpc) is 2.74. The van der Waals surface area contributed by atoms with Gasteiger partial charge in [0.05, 0.1) is 23.3 Å². The normalized spacial score (nSPS) is 15.9. The summed E-state index contributed by atoms with van der Waals surface area (Å²) in [4.78, 5) is 19.4. The molecule has 0 unspecified atom stereocenters. The molecule has 2 heterocycles. The number of urea groups is 1. The van der Waals surface area contributed by atoms with Crippen molar-refractivity contribution in [3.8, 4) is 0 Å². The summed E-state index contributed by atoms with van der Waals surface area (Å²) in [5.41, 5.74) is 7.04. The molecule has 8 nitrogen and oxygen atoms in total. The fourth-order valence-corrected chi connectivity index (χ4v) is 4.95. The summed E-state index contributed by atoms with van der Waals surface area (Å²) in [6.45, 7) is 3.52. The fourth-order valence-electron chi connectivity index (χ4n) is 3.87. The molecule has 2 N–H and O–H groups in total. The van der Waals surface area contributed by atoms with Gasteiger partial charge in [-0.25, -0.2) is 21.9 Å². The van der Waals surface area contributed by atoms with Crippen LogP contribution in [0.25, 0.3) is 0 Å². The highest BCUT2D eigenvalue weighted by Crippen LogP contribution is 2.28. The Kier molecular flexibility index (Phi) is 7.24. The fraction of sp³-hybridized carbons (Fsp3) is 0.429. The van der Waals surface area contributed by atoms with Crippen LogP contribution in [0.1, 0.15) is 25.3 Å². The van der Waals surface area contributed by atoms with Gasteiger partial charge in [-0.2, -0.15) is 0 Å². The summed E-state index contributed by atoms with van der Waals surface area (Å²) in [5, 5.41) is 0. The van der Waals surface area contributed by atoms with Crippen LogP contribution in [0, 0.1) is 5.82 Å². The second-order valence-electron chi connectivity index (χ2n) is 7.63. The third kappa shape index (κ3) is 5.57. The zero-order valence-electron chi connectivity index (χ0n) is 17.7. The van der Waals surface area contributed by atoms with E-state index in [0.29, 0.717) is 49.4 Å². The molecule has 0 radical (unpaired) electrons. The van der Waals surface area contributed by atoms with E-state index in [-0.39, 0.29) is 11.8 Å². The number of rotatable bonds is 7. The Morgan fingerprint density at radius 1 is 1.26 bits per heavy atom. The van der Waals surface area contributed by atoms with Crippen LogP contribution in [0.2, 0.25) is 0 Å². The molecule has 0 bridgehead atoms. The van der Waals surface area contributed by atoms with Crippen LogP contribution in [-0.4, -0.2) is 60.6 Å². The molecule has 1 aliphatic heterocycles. The van der Waals surface area contributed by atoms with Crippen molar-refractivity contribution < 1.29 is 17.6 Å². The molecule has 31 heavy (non-hydrogen) atoms. The number of halogens is 1. The second-order valence-corrected chi connectivity index (χ2v) is 9.94. The van der Waals surface area contributed by atoms with Crippen molar-refractivity contribution in [3.05, 3.63) is 54.1 Å². The van der Waals surface area contributed by atoms with E-state index in [0.717, 1.165) is 0 Å². The van der Waals surface area contributed by atoms with E-state index >= 15 is 0 Å². The molecule has 1 saturated heterocycles. The van der Waals surface area contributed by atoms with Gasteiger partial charge in [0.1, 0.15) is 5.82 Å². The molecule has 0 saturated carbocycles. The molecule has 1 aromatic carbocycles. The first kappa shape index (κ1) is 23.1. The molecule has 0 atom stereocenters. The van der Waals surface area contributed by atoms with E-state index in [1.807, 2.05) is 0 Å². The number of nitrogens with two attached hydrogens (primary N) is 1. The van der Waals surface area contributed by atoms with Crippen molar-refractivity contribution in [2.45, 2.75) is 32.4 Å². The standard InChI is InChI=1S/C21H28FN5O3S/c1-3-31(29,30)25(2)18-6-9-26(10-7-18)15-16-11-17(22)13-20(12-16)27(21(23)28)19-5-4-8-24-14-19/h4-5,8,11-14,18H,3,6-7,9-10,15H2,1-2H3,(H2,23,28). The number of benzene rings is 1. The number of amides is 2. The average molecular weight is 450 g/mol. The Morgan fingerprint density at radius 3 is 2.55 bits per heavy atom. The van der Waals surface area contributed by atoms with Gasteiger partial charge in [0.25, 0.3) is 0 Å². The number of anilines is 2. The Morgan fingerprint density at radius 2 is 1.97 bits per heavy atom. The van der Waals surface area contributed by atoms with Gasteiger partial charge in [0, 0.05) is 38.9 Å². The minimum atomic E-state index is -3.22. The lowest BCUT2D eigenvalue weighted by Gasteiger charge is -2.36. The molecule has 1 aromatic heterocycles. The van der Waals surface area contributed by atoms with Crippen molar-refractivity contribution in [2.24, 2.45) is 5.73 Å². The van der Waals surface area contributed by atoms with Gasteiger partial charge >= 0.3 is 6.03 Å². The molecule has 10 heteroatoms. The number of carbonyl (C=O) groups is 1. The monoisotopic (exact) mass is 449 g/mol. The molecule has 1 fully saturated rings. The molecular weight excluding hydrogens is 421 g/mol. The predicted molar refractivity (Wildman–Crippen MR) is 118 cm³/mol. The first-order valence-corrected chi connectivity index (χ1v) is 11.8. The zero-order valence-corrected chi connectivity index (χ0v) is 18.6. The minimum Gasteiger partial charge on any atom is -0.351 e. The lowest BCUT2D eigenvalue weighted by molar-refractivity contribution is 0.164. The van der Waals surface area contributed by atoms with E-state index in [9.17, 15) is 17.6 Å². The Labute approximate surface area is 182 Å². The van der Waals surface area contributed by atoms with E-state index in [4.69, 9.17) is 5.73 Å². The third-order valence-corrected chi connectivity index (χ3v) is 7.51. The number of nitrogens with zero attached hydrogens (tertiary/aromatic N) is 4. The van der Waals surface area contributed by atoms with Crippen LogP contribution >= 0.6 is 0 Å². The number of pyridine rings is 1. The highest BCUT2D eigenvalue weighted by Gasteiger charge is 2.28. The Bertz CT molecular complexity index is 1010. The summed E-state index contributed by atoms with van der Waals surface area (Å²) in [6.07, 6.45) is 4.48. The maximum Gasteiger partial charge on any atom is 0.323 e. The summed E-state index contributed by atoms with van der Waals surface area (Å²) >= 11 is 0. The maximum absolute atomic E-state index is 14.4. The Balaban J connectivity index is 1.73. The number of hydrogen-bond donors (Lipinski definition) is 1. The first-order chi connectivity index (χ1) is 14.7. The van der Waals surface area contributed by atoms with Gasteiger partial charge in [-0.05, 0) is 55.7 Å². The molecule has 2 aromatic rings. The second kappa shape index (κ2) is 9.71. The lowest BCUT2D eigenvalue weighted by Crippen LogP contribution is -2.45. The number of likely N-dealkylation sites (tertiary alicyclic amines) is 1. The van der Waals surface area contributed by atoms with Gasteiger partial charge < -0.3 is 5.73 Å². The number of aromatic nitrogens is 1. The smallest absolute Gasteiger partial charge is 0.323 e. The van der Waals surface area contributed by atoms with Crippen LogP contribution in [0.3, 0.4) is 0 Å². The van der Waals surface area contributed by atoms with Crippen LogP contribution < -0.4 is 10.6 Å². The summed E-state index contributed by atoms with van der Waals surface area (Å²) in [6, 6.07) is 7.02. The molecule has 168 valence electrons. The first-order valence-electron chi connectivity index (χ1n) is 10.2. The van der Waals surface area contributed by atoms with Crippen LogP contribution in [0.15, 0.2) is 42.7 Å². The van der Waals surface area contributed by atoms with E-state index in [1.54, 1.807) is 38.4 Å². The van der Waals surface area contributed by atoms with Crippen LogP contribution in [-0.2, 0) is 16.6 Å². The lowest BCUT2D eigenvalue weighted by atomic mass is 10.0. The van der Waals surface area contributed by atoms with Crippen molar-refractivity contribution in [1.29, 1.82) is 0 Å². The number of primary amides is 1. The quantitative estimate of drug-likeness (QED) is 0.701. The summed E-state index contributed by atoms with van der Waals surface area (Å²) in [7, 11) is -1.58. The SMILES string of the molecule is CCS(=O)(=O)N(C)C1CCN(Cc2cc(F)cc(N(C(N)=O)c3cccnc3)c2)CC1. The predicted octanol–water partition coefficient (Wildman–Crippen LogP) is 2.68. The largest absolute Gasteiger partial charge is 0.351 e. The highest BCUT2D eigenvalue weighted by atomic mass is 32.2. The van der Waals surface area contributed by atoms with Crippen molar-refractivity contribution in [1.82, 2.24) is 14.2 Å². The number of sulfonamides is 1. The molecule has 0 spiro atoms. The van der Waals surface area contributed by atoms with Crippen LogP contribution in [0.5, 0.6) is 0 Å². The molecule has 2 amide bonds. The van der Waals surface area contributed by atoms with Gasteiger partial charge in [0.15, 0.2) is 0 Å². The third-order valence-electron chi connectivity index (χ3n) is 5.61. The summed E-state index contributed by atoms with van der Waals surface area (Å²) < 4.78 is 40.1. The number of carbonyl (C=O) groups excluding carboxylic acids is 1. The van der Waals surface area contributed by atoms with E-state index in [1.165, 1.54) is 27.5 Å². The molecular formula is C21H28FN5O3S. The Hall–Kier alpha value is -2.56. The molecule has 0 aliphatic carbocycles. The van der Waals surface area contributed by atoms with Crippen molar-refractivity contribution in [2.75, 3.05) is 30.8 Å². The highest BCUT2D eigenvalue weighted by molar-refractivity contribution is 7.89. The zero-order chi connectivity index (χ0) is 22.6. The van der Waals surface area contributed by atoms with E-state index in [2.05, 4.69) is 9.88 Å². The van der Waals surface area contributed by atoms with Gasteiger partial charge in [-0.15, -0.1) is 0 Å². The van der Waals surface area contributed by atoms with E-state index < -0.39 is 21.9 Å². The molecule has 3 rings (SSSR count). The number of hydrogen-bond acceptors (Lipinski definition) is 5. The molecule has 1 aliphatic rings. The van der Waals surface area contributed by atoms with Crippen LogP contribution in [0.4, 0.5) is 20.6 Å². The summed E-state index contributed by atoms with van der Waals surface area (Å²) in [5.74, 6) is -0.380. The number of piperidine rings is 1. The van der Waals surface area contributed by atoms with Gasteiger partial charge in [0.2, 0.25) is 10.0 Å². The van der Waals surface area contributed by atoms with Crippen molar-refractivity contribution >= 4 is 27.4 Å². The maximum atomic E-state index is 14.4. The topological polar surface area (TPSA) is 99.8 Å². The van der Waals surface area contributed by atoms with Gasteiger partial charge in [-0.1, -0.05) is 0 Å².